The fourth-order valence-electron chi connectivity index (χ4n) is 2.94. The molecule has 1 aromatic carbocycles. The minimum absolute atomic E-state index is 0.0767. The van der Waals surface area contributed by atoms with Crippen molar-refractivity contribution < 1.29 is 5.11 Å². The Balaban J connectivity index is 2.14. The van der Waals surface area contributed by atoms with Crippen molar-refractivity contribution in [3.05, 3.63) is 35.4 Å². The number of benzene rings is 1. The Morgan fingerprint density at radius 1 is 1.37 bits per heavy atom. The number of aliphatic hydroxyl groups excluding tert-OH is 1. The van der Waals surface area contributed by atoms with E-state index in [0.29, 0.717) is 12.0 Å². The van der Waals surface area contributed by atoms with Gasteiger partial charge in [0.25, 0.3) is 0 Å². The molecule has 0 saturated carbocycles. The molecular formula is C17H23NO. The summed E-state index contributed by atoms with van der Waals surface area (Å²) in [4.78, 5) is 2.57. The molecule has 0 bridgehead atoms. The van der Waals surface area contributed by atoms with E-state index in [1.54, 1.807) is 0 Å². The van der Waals surface area contributed by atoms with Gasteiger partial charge in [-0.1, -0.05) is 43.9 Å². The molecule has 102 valence electrons. The summed E-state index contributed by atoms with van der Waals surface area (Å²) in [6, 6.07) is 8.96. The van der Waals surface area contributed by atoms with Crippen molar-refractivity contribution in [2.75, 3.05) is 13.2 Å². The van der Waals surface area contributed by atoms with Crippen molar-refractivity contribution in [3.63, 3.8) is 0 Å². The first kappa shape index (κ1) is 14.1. The van der Waals surface area contributed by atoms with E-state index in [4.69, 9.17) is 5.11 Å². The largest absolute Gasteiger partial charge is 0.384 e. The molecule has 0 spiro atoms. The fourth-order valence-corrected chi connectivity index (χ4v) is 2.94. The van der Waals surface area contributed by atoms with E-state index in [1.807, 2.05) is 12.1 Å². The molecule has 19 heavy (non-hydrogen) atoms. The average Bonchev–Trinajstić information content (AvgIpc) is 2.86. The molecular weight excluding hydrogens is 234 g/mol. The molecule has 2 nitrogen and oxygen atoms in total. The van der Waals surface area contributed by atoms with Gasteiger partial charge in [0.05, 0.1) is 0 Å². The van der Waals surface area contributed by atoms with Gasteiger partial charge in [0.2, 0.25) is 0 Å². The summed E-state index contributed by atoms with van der Waals surface area (Å²) in [6.07, 6.45) is 2.61. The van der Waals surface area contributed by atoms with Crippen LogP contribution in [0.5, 0.6) is 0 Å². The molecule has 1 aliphatic rings. The van der Waals surface area contributed by atoms with Crippen LogP contribution in [-0.2, 0) is 6.54 Å². The van der Waals surface area contributed by atoms with Crippen LogP contribution in [0.15, 0.2) is 24.3 Å². The van der Waals surface area contributed by atoms with E-state index in [2.05, 4.69) is 42.7 Å². The van der Waals surface area contributed by atoms with Crippen LogP contribution in [-0.4, -0.2) is 29.2 Å². The molecule has 0 aromatic heterocycles. The standard InChI is InChI=1S/C17H23NO/c1-14(2)17-10-5-11-18(17)13-16-8-4-3-7-15(16)9-6-12-19/h3-4,7-8,14,17,19H,5,10-13H2,1-2H3. The second-order valence-electron chi connectivity index (χ2n) is 5.54. The van der Waals surface area contributed by atoms with Gasteiger partial charge in [0, 0.05) is 18.2 Å². The highest BCUT2D eigenvalue weighted by atomic mass is 16.2. The maximum Gasteiger partial charge on any atom is 0.104 e. The van der Waals surface area contributed by atoms with Gasteiger partial charge in [-0.05, 0) is 36.9 Å². The second-order valence-corrected chi connectivity index (χ2v) is 5.54. The lowest BCUT2D eigenvalue weighted by molar-refractivity contribution is 0.198. The van der Waals surface area contributed by atoms with Gasteiger partial charge < -0.3 is 5.11 Å². The molecule has 1 N–H and O–H groups in total. The molecule has 1 atom stereocenters. The fraction of sp³-hybridized carbons (Fsp3) is 0.529. The summed E-state index contributed by atoms with van der Waals surface area (Å²) in [7, 11) is 0. The quantitative estimate of drug-likeness (QED) is 0.842. The van der Waals surface area contributed by atoms with Gasteiger partial charge in [0.15, 0.2) is 0 Å². The van der Waals surface area contributed by atoms with E-state index < -0.39 is 0 Å². The molecule has 1 aliphatic heterocycles. The molecule has 1 aromatic rings. The minimum atomic E-state index is -0.0767. The molecule has 0 aliphatic carbocycles. The predicted octanol–water partition coefficient (Wildman–Crippen LogP) is 2.65. The van der Waals surface area contributed by atoms with Gasteiger partial charge in [0.1, 0.15) is 6.61 Å². The van der Waals surface area contributed by atoms with Crippen molar-refractivity contribution in [2.45, 2.75) is 39.3 Å². The van der Waals surface area contributed by atoms with E-state index >= 15 is 0 Å². The predicted molar refractivity (Wildman–Crippen MR) is 78.7 cm³/mol. The smallest absolute Gasteiger partial charge is 0.104 e. The summed E-state index contributed by atoms with van der Waals surface area (Å²) in [6.45, 7) is 6.69. The number of aliphatic hydroxyl groups is 1. The van der Waals surface area contributed by atoms with Crippen molar-refractivity contribution >= 4 is 0 Å². The maximum absolute atomic E-state index is 8.83. The van der Waals surface area contributed by atoms with E-state index in [1.165, 1.54) is 24.9 Å². The molecule has 2 heteroatoms. The van der Waals surface area contributed by atoms with Gasteiger partial charge >= 0.3 is 0 Å². The number of hydrogen-bond acceptors (Lipinski definition) is 2. The highest BCUT2D eigenvalue weighted by Crippen LogP contribution is 2.26. The maximum atomic E-state index is 8.83. The normalized spacial score (nSPS) is 19.5. The zero-order valence-electron chi connectivity index (χ0n) is 11.9. The van der Waals surface area contributed by atoms with E-state index in [-0.39, 0.29) is 6.61 Å². The van der Waals surface area contributed by atoms with Crippen LogP contribution < -0.4 is 0 Å². The molecule has 0 amide bonds. The van der Waals surface area contributed by atoms with Crippen LogP contribution in [0.1, 0.15) is 37.8 Å². The lowest BCUT2D eigenvalue weighted by Gasteiger charge is -2.27. The van der Waals surface area contributed by atoms with E-state index in [0.717, 1.165) is 12.1 Å². The highest BCUT2D eigenvalue weighted by molar-refractivity contribution is 5.41. The number of nitrogens with zero attached hydrogens (tertiary/aromatic N) is 1. The number of likely N-dealkylation sites (tertiary alicyclic amines) is 1. The van der Waals surface area contributed by atoms with Gasteiger partial charge in [-0.25, -0.2) is 0 Å². The zero-order valence-corrected chi connectivity index (χ0v) is 11.9. The molecule has 1 saturated heterocycles. The minimum Gasteiger partial charge on any atom is -0.384 e. The second kappa shape index (κ2) is 6.75. The van der Waals surface area contributed by atoms with Crippen LogP contribution in [0.2, 0.25) is 0 Å². The van der Waals surface area contributed by atoms with E-state index in [9.17, 15) is 0 Å². The summed E-state index contributed by atoms with van der Waals surface area (Å²) >= 11 is 0. The Morgan fingerprint density at radius 3 is 2.89 bits per heavy atom. The van der Waals surface area contributed by atoms with Crippen molar-refractivity contribution in [2.24, 2.45) is 5.92 Å². The Bertz CT molecular complexity index is 470. The molecule has 1 fully saturated rings. The third-order valence-corrected chi connectivity index (χ3v) is 3.88. The monoisotopic (exact) mass is 257 g/mol. The van der Waals surface area contributed by atoms with Gasteiger partial charge in [-0.2, -0.15) is 0 Å². The summed E-state index contributed by atoms with van der Waals surface area (Å²) < 4.78 is 0. The SMILES string of the molecule is CC(C)C1CCCN1Cc1ccccc1C#CCO. The van der Waals surface area contributed by atoms with Crippen LogP contribution in [0.25, 0.3) is 0 Å². The van der Waals surface area contributed by atoms with Crippen molar-refractivity contribution in [1.29, 1.82) is 0 Å². The Morgan fingerprint density at radius 2 is 2.16 bits per heavy atom. The number of hydrogen-bond donors (Lipinski definition) is 1. The topological polar surface area (TPSA) is 23.5 Å². The van der Waals surface area contributed by atoms with Gasteiger partial charge in [-0.3, -0.25) is 4.90 Å². The molecule has 1 unspecified atom stereocenters. The Kier molecular flexibility index (Phi) is 5.01. The summed E-state index contributed by atoms with van der Waals surface area (Å²) in [5.74, 6) is 6.51. The summed E-state index contributed by atoms with van der Waals surface area (Å²) in [5, 5.41) is 8.83. The first-order chi connectivity index (χ1) is 9.22. The number of rotatable bonds is 3. The van der Waals surface area contributed by atoms with Gasteiger partial charge in [-0.15, -0.1) is 0 Å². The van der Waals surface area contributed by atoms with Crippen LogP contribution in [0, 0.1) is 17.8 Å². The Hall–Kier alpha value is -1.30. The first-order valence-corrected chi connectivity index (χ1v) is 7.14. The highest BCUT2D eigenvalue weighted by Gasteiger charge is 2.27. The third kappa shape index (κ3) is 3.59. The third-order valence-electron chi connectivity index (χ3n) is 3.88. The first-order valence-electron chi connectivity index (χ1n) is 7.14. The zero-order chi connectivity index (χ0) is 13.7. The molecule has 0 radical (unpaired) electrons. The van der Waals surface area contributed by atoms with Crippen molar-refractivity contribution in [3.8, 4) is 11.8 Å². The average molecular weight is 257 g/mol. The van der Waals surface area contributed by atoms with Crippen molar-refractivity contribution in [1.82, 2.24) is 4.90 Å². The lowest BCUT2D eigenvalue weighted by atomic mass is 10.0. The van der Waals surface area contributed by atoms with Crippen LogP contribution in [0.4, 0.5) is 0 Å². The van der Waals surface area contributed by atoms with Crippen LogP contribution >= 0.6 is 0 Å². The lowest BCUT2D eigenvalue weighted by Crippen LogP contribution is -2.33. The van der Waals surface area contributed by atoms with Crippen LogP contribution in [0.3, 0.4) is 0 Å². The molecule has 1 heterocycles. The molecule has 2 rings (SSSR count). The summed E-state index contributed by atoms with van der Waals surface area (Å²) in [5.41, 5.74) is 2.32. The Labute approximate surface area is 116 Å².